The Labute approximate surface area is 119 Å². The molecule has 0 amide bonds. The standard InChI is InChI=1S/C16H21N3O/c1-11-15(12-3-5-14(20-2)6-4-12)19-16(18-11)13-7-9-17-10-8-13/h3-6,13,17H,7-10H2,1-2H3,(H,18,19). The molecule has 0 saturated carbocycles. The summed E-state index contributed by atoms with van der Waals surface area (Å²) in [5.74, 6) is 2.57. The average Bonchev–Trinajstić information content (AvgIpc) is 2.90. The van der Waals surface area contributed by atoms with Gasteiger partial charge in [0.25, 0.3) is 0 Å². The number of nitrogens with zero attached hydrogens (tertiary/aromatic N) is 1. The lowest BCUT2D eigenvalue weighted by atomic mass is 9.98. The summed E-state index contributed by atoms with van der Waals surface area (Å²) >= 11 is 0. The van der Waals surface area contributed by atoms with Gasteiger partial charge in [-0.3, -0.25) is 0 Å². The van der Waals surface area contributed by atoms with Crippen molar-refractivity contribution in [2.45, 2.75) is 25.7 Å². The van der Waals surface area contributed by atoms with Crippen molar-refractivity contribution in [3.63, 3.8) is 0 Å². The number of hydrogen-bond acceptors (Lipinski definition) is 3. The molecule has 1 aromatic carbocycles. The molecule has 1 aliphatic rings. The molecule has 1 fully saturated rings. The van der Waals surface area contributed by atoms with Gasteiger partial charge in [-0.2, -0.15) is 0 Å². The van der Waals surface area contributed by atoms with E-state index in [1.165, 1.54) is 0 Å². The van der Waals surface area contributed by atoms with Crippen LogP contribution >= 0.6 is 0 Å². The smallest absolute Gasteiger partial charge is 0.118 e. The van der Waals surface area contributed by atoms with Crippen LogP contribution in [0.1, 0.15) is 30.3 Å². The number of nitrogens with one attached hydrogen (secondary N) is 2. The van der Waals surface area contributed by atoms with E-state index in [-0.39, 0.29) is 0 Å². The monoisotopic (exact) mass is 271 g/mol. The summed E-state index contributed by atoms with van der Waals surface area (Å²) in [5, 5.41) is 3.39. The topological polar surface area (TPSA) is 49.9 Å². The van der Waals surface area contributed by atoms with Crippen molar-refractivity contribution < 1.29 is 4.74 Å². The zero-order valence-corrected chi connectivity index (χ0v) is 12.1. The maximum Gasteiger partial charge on any atom is 0.118 e. The number of aromatic amines is 1. The largest absolute Gasteiger partial charge is 0.497 e. The van der Waals surface area contributed by atoms with Gasteiger partial charge in [0.2, 0.25) is 0 Å². The second-order valence-electron chi connectivity index (χ2n) is 5.35. The van der Waals surface area contributed by atoms with Crippen LogP contribution in [0.15, 0.2) is 24.3 Å². The van der Waals surface area contributed by atoms with Gasteiger partial charge < -0.3 is 15.0 Å². The van der Waals surface area contributed by atoms with Gasteiger partial charge in [-0.15, -0.1) is 0 Å². The van der Waals surface area contributed by atoms with E-state index < -0.39 is 0 Å². The Hall–Kier alpha value is -1.81. The Morgan fingerprint density at radius 1 is 1.15 bits per heavy atom. The lowest BCUT2D eigenvalue weighted by Gasteiger charge is -2.20. The minimum Gasteiger partial charge on any atom is -0.497 e. The van der Waals surface area contributed by atoms with Crippen molar-refractivity contribution in [1.82, 2.24) is 15.3 Å². The second kappa shape index (κ2) is 5.67. The van der Waals surface area contributed by atoms with Gasteiger partial charge in [-0.1, -0.05) is 0 Å². The Morgan fingerprint density at radius 2 is 1.85 bits per heavy atom. The molecule has 0 unspecified atom stereocenters. The predicted octanol–water partition coefficient (Wildman–Crippen LogP) is 2.86. The number of H-pyrrole nitrogens is 1. The quantitative estimate of drug-likeness (QED) is 0.902. The highest BCUT2D eigenvalue weighted by Gasteiger charge is 2.20. The van der Waals surface area contributed by atoms with Crippen LogP contribution in [0.5, 0.6) is 5.75 Å². The van der Waals surface area contributed by atoms with Crippen molar-refractivity contribution in [2.24, 2.45) is 0 Å². The van der Waals surface area contributed by atoms with E-state index in [0.717, 1.165) is 54.5 Å². The van der Waals surface area contributed by atoms with E-state index in [4.69, 9.17) is 9.72 Å². The van der Waals surface area contributed by atoms with Gasteiger partial charge in [0, 0.05) is 17.2 Å². The second-order valence-corrected chi connectivity index (χ2v) is 5.35. The maximum absolute atomic E-state index is 5.20. The third-order valence-electron chi connectivity index (χ3n) is 3.99. The summed E-state index contributed by atoms with van der Waals surface area (Å²) in [6.45, 7) is 4.27. The summed E-state index contributed by atoms with van der Waals surface area (Å²) < 4.78 is 5.20. The third kappa shape index (κ3) is 2.56. The summed E-state index contributed by atoms with van der Waals surface area (Å²) in [5.41, 5.74) is 3.34. The fourth-order valence-electron chi connectivity index (χ4n) is 2.80. The first-order valence-corrected chi connectivity index (χ1v) is 7.19. The first-order chi connectivity index (χ1) is 9.78. The molecule has 20 heavy (non-hydrogen) atoms. The highest BCUT2D eigenvalue weighted by atomic mass is 16.5. The number of methoxy groups -OCH3 is 1. The molecular formula is C16H21N3O. The lowest BCUT2D eigenvalue weighted by molar-refractivity contribution is 0.415. The molecule has 0 radical (unpaired) electrons. The first-order valence-electron chi connectivity index (χ1n) is 7.19. The van der Waals surface area contributed by atoms with Crippen LogP contribution in [0.3, 0.4) is 0 Å². The molecule has 0 atom stereocenters. The van der Waals surface area contributed by atoms with Gasteiger partial charge in [0.1, 0.15) is 11.6 Å². The van der Waals surface area contributed by atoms with Gasteiger partial charge in [-0.05, 0) is 57.1 Å². The minimum absolute atomic E-state index is 0.557. The van der Waals surface area contributed by atoms with Gasteiger partial charge in [-0.25, -0.2) is 4.98 Å². The molecule has 4 nitrogen and oxygen atoms in total. The number of imidazole rings is 1. The molecule has 2 heterocycles. The van der Waals surface area contributed by atoms with Gasteiger partial charge >= 0.3 is 0 Å². The normalized spacial score (nSPS) is 16.3. The van der Waals surface area contributed by atoms with E-state index in [1.807, 2.05) is 12.1 Å². The van der Waals surface area contributed by atoms with E-state index >= 15 is 0 Å². The van der Waals surface area contributed by atoms with Crippen LogP contribution in [-0.2, 0) is 0 Å². The van der Waals surface area contributed by atoms with E-state index in [2.05, 4.69) is 29.4 Å². The van der Waals surface area contributed by atoms with E-state index in [9.17, 15) is 0 Å². The lowest BCUT2D eigenvalue weighted by Crippen LogP contribution is -2.27. The van der Waals surface area contributed by atoms with E-state index in [1.54, 1.807) is 7.11 Å². The molecule has 106 valence electrons. The summed E-state index contributed by atoms with van der Waals surface area (Å²) in [4.78, 5) is 8.31. The minimum atomic E-state index is 0.557. The SMILES string of the molecule is COc1ccc(-c2nc(C3CCNCC3)[nH]c2C)cc1. The molecule has 1 aliphatic heterocycles. The van der Waals surface area contributed by atoms with E-state index in [0.29, 0.717) is 5.92 Å². The number of aryl methyl sites for hydroxylation is 1. The van der Waals surface area contributed by atoms with Crippen molar-refractivity contribution >= 4 is 0 Å². The highest BCUT2D eigenvalue weighted by Crippen LogP contribution is 2.28. The highest BCUT2D eigenvalue weighted by molar-refractivity contribution is 5.62. The number of aromatic nitrogens is 2. The number of hydrogen-bond donors (Lipinski definition) is 2. The van der Waals surface area contributed by atoms with Gasteiger partial charge in [0.05, 0.1) is 12.8 Å². The van der Waals surface area contributed by atoms with Crippen LogP contribution in [0.2, 0.25) is 0 Å². The van der Waals surface area contributed by atoms with Crippen molar-refractivity contribution in [2.75, 3.05) is 20.2 Å². The summed E-state index contributed by atoms with van der Waals surface area (Å²) in [7, 11) is 1.68. The molecule has 1 saturated heterocycles. The van der Waals surface area contributed by atoms with Crippen LogP contribution in [0.25, 0.3) is 11.3 Å². The van der Waals surface area contributed by atoms with Crippen LogP contribution in [0.4, 0.5) is 0 Å². The molecule has 0 spiro atoms. The molecule has 0 aliphatic carbocycles. The fourth-order valence-corrected chi connectivity index (χ4v) is 2.80. The molecule has 2 N–H and O–H groups in total. The van der Waals surface area contributed by atoms with Crippen LogP contribution < -0.4 is 10.1 Å². The number of ether oxygens (including phenoxy) is 1. The number of benzene rings is 1. The third-order valence-corrected chi connectivity index (χ3v) is 3.99. The molecule has 1 aromatic heterocycles. The Bertz CT molecular complexity index is 568. The molecule has 0 bridgehead atoms. The van der Waals surface area contributed by atoms with Crippen molar-refractivity contribution in [1.29, 1.82) is 0 Å². The van der Waals surface area contributed by atoms with Crippen LogP contribution in [0, 0.1) is 6.92 Å². The average molecular weight is 271 g/mol. The number of piperidine rings is 1. The Kier molecular flexibility index (Phi) is 3.74. The first kappa shape index (κ1) is 13.2. The Balaban J connectivity index is 1.87. The molecular weight excluding hydrogens is 250 g/mol. The maximum atomic E-state index is 5.20. The van der Waals surface area contributed by atoms with Crippen molar-refractivity contribution in [3.8, 4) is 17.0 Å². The van der Waals surface area contributed by atoms with Gasteiger partial charge in [0.15, 0.2) is 0 Å². The van der Waals surface area contributed by atoms with Crippen LogP contribution in [-0.4, -0.2) is 30.2 Å². The zero-order chi connectivity index (χ0) is 13.9. The number of rotatable bonds is 3. The predicted molar refractivity (Wildman–Crippen MR) is 80.2 cm³/mol. The zero-order valence-electron chi connectivity index (χ0n) is 12.1. The molecule has 4 heteroatoms. The van der Waals surface area contributed by atoms with Crippen molar-refractivity contribution in [3.05, 3.63) is 35.8 Å². The molecule has 3 rings (SSSR count). The summed E-state index contributed by atoms with van der Waals surface area (Å²) in [6, 6.07) is 8.09. The Morgan fingerprint density at radius 3 is 2.50 bits per heavy atom. The summed E-state index contributed by atoms with van der Waals surface area (Å²) in [6.07, 6.45) is 2.32. The fraction of sp³-hybridized carbons (Fsp3) is 0.438. The molecule has 2 aromatic rings.